The zero-order valence-corrected chi connectivity index (χ0v) is 17.0. The van der Waals surface area contributed by atoms with E-state index in [9.17, 15) is 9.90 Å². The molecule has 0 aromatic carbocycles. The quantitative estimate of drug-likeness (QED) is 0.564. The van der Waals surface area contributed by atoms with Gasteiger partial charge in [0, 0.05) is 37.1 Å². The average Bonchev–Trinajstić information content (AvgIpc) is 2.66. The summed E-state index contributed by atoms with van der Waals surface area (Å²) in [6.45, 7) is 8.32. The fourth-order valence-electron chi connectivity index (χ4n) is 2.48. The lowest BCUT2D eigenvalue weighted by molar-refractivity contribution is 0.200. The molecule has 2 heterocycles. The number of hydrogen-bond donors (Lipinski definition) is 1. The van der Waals surface area contributed by atoms with E-state index < -0.39 is 5.41 Å². The molecule has 0 saturated carbocycles. The molecule has 0 atom stereocenters. The maximum Gasteiger partial charge on any atom is 0.206 e. The third-order valence-corrected chi connectivity index (χ3v) is 3.85. The Morgan fingerprint density at radius 1 is 1.45 bits per heavy atom. The van der Waals surface area contributed by atoms with Crippen LogP contribution in [0, 0.1) is 5.41 Å². The standard InChI is InChI=1S/C21H27N5O3/c1-5-25(4)23-10-12-26-11-8-20(28)19(24-26)16-29-18-7-6-9-22-15-17(27)13-21(2,3)14-18/h5-8,10-11,13-15,27H,1,9,12,16H2,2-4H3/b7-6-,17-13+,18-14+,22-15?,23-10-. The van der Waals surface area contributed by atoms with Gasteiger partial charge in [0.1, 0.15) is 23.8 Å². The lowest BCUT2D eigenvalue weighted by atomic mass is 9.91. The maximum atomic E-state index is 12.2. The van der Waals surface area contributed by atoms with E-state index in [1.54, 1.807) is 47.5 Å². The van der Waals surface area contributed by atoms with Gasteiger partial charge >= 0.3 is 0 Å². The van der Waals surface area contributed by atoms with Crippen LogP contribution in [0.4, 0.5) is 0 Å². The minimum Gasteiger partial charge on any atom is -0.507 e. The molecule has 1 aromatic rings. The average molecular weight is 397 g/mol. The Labute approximate surface area is 170 Å². The summed E-state index contributed by atoms with van der Waals surface area (Å²) in [5, 5.41) is 19.9. The summed E-state index contributed by atoms with van der Waals surface area (Å²) < 4.78 is 7.46. The minimum atomic E-state index is -0.467. The van der Waals surface area contributed by atoms with Gasteiger partial charge in [0.05, 0.1) is 19.3 Å². The maximum absolute atomic E-state index is 12.2. The smallest absolute Gasteiger partial charge is 0.206 e. The monoisotopic (exact) mass is 397 g/mol. The fraction of sp³-hybridized carbons (Fsp3) is 0.333. The summed E-state index contributed by atoms with van der Waals surface area (Å²) in [6.07, 6.45) is 13.5. The lowest BCUT2D eigenvalue weighted by Crippen LogP contribution is -2.18. The van der Waals surface area contributed by atoms with Crippen molar-refractivity contribution in [1.29, 1.82) is 0 Å². The van der Waals surface area contributed by atoms with Crippen molar-refractivity contribution in [3.05, 3.63) is 76.8 Å². The van der Waals surface area contributed by atoms with E-state index in [2.05, 4.69) is 21.8 Å². The molecular weight excluding hydrogens is 370 g/mol. The number of hydrogen-bond acceptors (Lipinski definition) is 7. The van der Waals surface area contributed by atoms with Crippen molar-refractivity contribution in [2.45, 2.75) is 27.0 Å². The van der Waals surface area contributed by atoms with Crippen molar-refractivity contribution in [3.63, 3.8) is 0 Å². The largest absolute Gasteiger partial charge is 0.507 e. The van der Waals surface area contributed by atoms with Crippen LogP contribution in [-0.2, 0) is 17.9 Å². The first-order valence-electron chi connectivity index (χ1n) is 9.17. The van der Waals surface area contributed by atoms with Crippen LogP contribution < -0.4 is 5.43 Å². The summed E-state index contributed by atoms with van der Waals surface area (Å²) in [5.41, 5.74) is -0.378. The molecule has 0 unspecified atom stereocenters. The van der Waals surface area contributed by atoms with Gasteiger partial charge in [-0.3, -0.25) is 19.5 Å². The zero-order valence-electron chi connectivity index (χ0n) is 17.0. The number of allylic oxidation sites excluding steroid dienone is 4. The van der Waals surface area contributed by atoms with Gasteiger partial charge in [-0.05, 0) is 18.2 Å². The molecule has 0 fully saturated rings. The van der Waals surface area contributed by atoms with Crippen LogP contribution in [0.2, 0.25) is 0 Å². The highest BCUT2D eigenvalue weighted by Gasteiger charge is 2.15. The molecular formula is C21H27N5O3. The van der Waals surface area contributed by atoms with Crippen molar-refractivity contribution in [3.8, 4) is 0 Å². The predicted octanol–water partition coefficient (Wildman–Crippen LogP) is 2.81. The molecule has 0 saturated heterocycles. The first kappa shape index (κ1) is 21.9. The Bertz CT molecular complexity index is 922. The van der Waals surface area contributed by atoms with E-state index in [1.165, 1.54) is 12.3 Å². The fourth-order valence-corrected chi connectivity index (χ4v) is 2.48. The van der Waals surface area contributed by atoms with Crippen molar-refractivity contribution < 1.29 is 9.84 Å². The second-order valence-corrected chi connectivity index (χ2v) is 7.03. The number of aliphatic hydroxyl groups is 1. The summed E-state index contributed by atoms with van der Waals surface area (Å²) in [5.74, 6) is 0.666. The Morgan fingerprint density at radius 3 is 3.00 bits per heavy atom. The molecule has 8 heteroatoms. The highest BCUT2D eigenvalue weighted by Crippen LogP contribution is 2.24. The molecule has 0 amide bonds. The number of aromatic nitrogens is 2. The normalized spacial score (nSPS) is 20.9. The van der Waals surface area contributed by atoms with Crippen LogP contribution in [0.3, 0.4) is 0 Å². The van der Waals surface area contributed by atoms with Crippen LogP contribution in [-0.4, -0.2) is 45.9 Å². The zero-order chi connectivity index (χ0) is 21.3. The van der Waals surface area contributed by atoms with E-state index >= 15 is 0 Å². The van der Waals surface area contributed by atoms with Gasteiger partial charge in [-0.25, -0.2) is 0 Å². The van der Waals surface area contributed by atoms with Crippen LogP contribution in [0.5, 0.6) is 0 Å². The van der Waals surface area contributed by atoms with Crippen LogP contribution in [0.1, 0.15) is 19.5 Å². The second-order valence-electron chi connectivity index (χ2n) is 7.03. The first-order valence-corrected chi connectivity index (χ1v) is 9.17. The van der Waals surface area contributed by atoms with E-state index in [4.69, 9.17) is 4.74 Å². The molecule has 0 radical (unpaired) electrons. The van der Waals surface area contributed by atoms with Crippen LogP contribution in [0.15, 0.2) is 75.8 Å². The Morgan fingerprint density at radius 2 is 2.24 bits per heavy atom. The summed E-state index contributed by atoms with van der Waals surface area (Å²) in [7, 11) is 1.77. The van der Waals surface area contributed by atoms with Crippen LogP contribution >= 0.6 is 0 Å². The Kier molecular flexibility index (Phi) is 7.70. The Balaban J connectivity index is 2.14. The van der Waals surface area contributed by atoms with Crippen LogP contribution in [0.25, 0.3) is 0 Å². The van der Waals surface area contributed by atoms with E-state index in [1.807, 2.05) is 26.0 Å². The molecule has 0 bridgehead atoms. The SMILES string of the molecule is C=CN(C)/N=C\Cn1ccc(=O)c(COC2=C/C(C)(C)/C=C(/O)C=NC/C=C\2)n1. The first-order chi connectivity index (χ1) is 13.8. The van der Waals surface area contributed by atoms with Crippen molar-refractivity contribution in [2.24, 2.45) is 15.5 Å². The molecule has 154 valence electrons. The van der Waals surface area contributed by atoms with E-state index in [0.717, 1.165) is 0 Å². The molecule has 2 rings (SSSR count). The third kappa shape index (κ3) is 7.61. The molecule has 0 spiro atoms. The van der Waals surface area contributed by atoms with E-state index in [0.29, 0.717) is 24.5 Å². The number of hydrazone groups is 1. The lowest BCUT2D eigenvalue weighted by Gasteiger charge is -2.18. The number of nitrogens with zero attached hydrogens (tertiary/aromatic N) is 5. The van der Waals surface area contributed by atoms with Crippen molar-refractivity contribution >= 4 is 12.4 Å². The molecule has 1 aromatic heterocycles. The second kappa shape index (κ2) is 10.2. The van der Waals surface area contributed by atoms with Gasteiger partial charge in [-0.2, -0.15) is 10.2 Å². The number of ether oxygens (including phenoxy) is 1. The van der Waals surface area contributed by atoms with E-state index in [-0.39, 0.29) is 17.8 Å². The van der Waals surface area contributed by atoms with Crippen molar-refractivity contribution in [1.82, 2.24) is 14.8 Å². The van der Waals surface area contributed by atoms with Crippen molar-refractivity contribution in [2.75, 3.05) is 13.6 Å². The summed E-state index contributed by atoms with van der Waals surface area (Å²) in [4.78, 5) is 16.3. The molecule has 1 aliphatic rings. The van der Waals surface area contributed by atoms with Gasteiger partial charge in [-0.15, -0.1) is 0 Å². The van der Waals surface area contributed by atoms with Gasteiger partial charge in [0.25, 0.3) is 0 Å². The molecule has 1 N–H and O–H groups in total. The third-order valence-electron chi connectivity index (χ3n) is 3.85. The number of aliphatic imine (C=N–C) groups is 1. The molecule has 1 aliphatic heterocycles. The molecule has 29 heavy (non-hydrogen) atoms. The van der Waals surface area contributed by atoms with Gasteiger partial charge < -0.3 is 9.84 Å². The Hall–Kier alpha value is -3.42. The topological polar surface area (TPSA) is 92.3 Å². The van der Waals surface area contributed by atoms with Gasteiger partial charge in [-0.1, -0.05) is 26.5 Å². The molecule has 8 nitrogen and oxygen atoms in total. The summed E-state index contributed by atoms with van der Waals surface area (Å²) in [6, 6.07) is 1.45. The predicted molar refractivity (Wildman–Crippen MR) is 115 cm³/mol. The molecule has 0 aliphatic carbocycles. The highest BCUT2D eigenvalue weighted by atomic mass is 16.5. The minimum absolute atomic E-state index is 0.0224. The van der Waals surface area contributed by atoms with Gasteiger partial charge in [0.2, 0.25) is 5.43 Å². The summed E-state index contributed by atoms with van der Waals surface area (Å²) >= 11 is 0. The number of rotatable bonds is 7. The van der Waals surface area contributed by atoms with Gasteiger partial charge in [0.15, 0.2) is 0 Å². The highest BCUT2D eigenvalue weighted by molar-refractivity contribution is 5.75. The number of aliphatic hydroxyl groups excluding tert-OH is 1.